The number of halogens is 1. The van der Waals surface area contributed by atoms with Crippen molar-refractivity contribution in [3.63, 3.8) is 0 Å². The molecular weight excluding hydrogens is 348 g/mol. The Morgan fingerprint density at radius 2 is 1.86 bits per heavy atom. The van der Waals surface area contributed by atoms with Crippen LogP contribution >= 0.6 is 15.9 Å². The summed E-state index contributed by atoms with van der Waals surface area (Å²) in [5, 5.41) is 0. The van der Waals surface area contributed by atoms with E-state index in [1.54, 1.807) is 0 Å². The molecule has 0 atom stereocenters. The van der Waals surface area contributed by atoms with E-state index in [2.05, 4.69) is 40.6 Å². The van der Waals surface area contributed by atoms with Gasteiger partial charge in [-0.3, -0.25) is 20.4 Å². The summed E-state index contributed by atoms with van der Waals surface area (Å²) >= 11 is 3.41. The fourth-order valence-electron chi connectivity index (χ4n) is 1.80. The molecule has 0 radical (unpaired) electrons. The van der Waals surface area contributed by atoms with Gasteiger partial charge in [0.25, 0.3) is 5.91 Å². The largest absolute Gasteiger partial charge is 0.483 e. The zero-order valence-electron chi connectivity index (χ0n) is 13.1. The molecule has 0 saturated heterocycles. The number of hydrazine groups is 1. The molecule has 0 spiro atoms. The van der Waals surface area contributed by atoms with E-state index in [1.165, 1.54) is 5.56 Å². The Kier molecular flexibility index (Phi) is 8.58. The van der Waals surface area contributed by atoms with Gasteiger partial charge in [0, 0.05) is 6.42 Å². The molecule has 2 amide bonds. The van der Waals surface area contributed by atoms with Gasteiger partial charge in [-0.25, -0.2) is 0 Å². The minimum Gasteiger partial charge on any atom is -0.483 e. The van der Waals surface area contributed by atoms with Crippen molar-refractivity contribution in [1.82, 2.24) is 10.9 Å². The Balaban J connectivity index is 2.30. The molecule has 0 aliphatic heterocycles. The molecule has 122 valence electrons. The van der Waals surface area contributed by atoms with Gasteiger partial charge in [0.2, 0.25) is 5.91 Å². The van der Waals surface area contributed by atoms with Gasteiger partial charge in [0.15, 0.2) is 6.61 Å². The van der Waals surface area contributed by atoms with Crippen molar-refractivity contribution in [2.24, 2.45) is 0 Å². The average molecular weight is 371 g/mol. The Morgan fingerprint density at radius 3 is 2.50 bits per heavy atom. The van der Waals surface area contributed by atoms with Crippen molar-refractivity contribution >= 4 is 27.7 Å². The van der Waals surface area contributed by atoms with Crippen LogP contribution in [0.2, 0.25) is 0 Å². The topological polar surface area (TPSA) is 67.4 Å². The van der Waals surface area contributed by atoms with Crippen molar-refractivity contribution in [1.29, 1.82) is 0 Å². The zero-order valence-corrected chi connectivity index (χ0v) is 14.7. The quantitative estimate of drug-likeness (QED) is 0.545. The number of aryl methyl sites for hydroxylation is 1. The van der Waals surface area contributed by atoms with E-state index in [9.17, 15) is 9.59 Å². The predicted molar refractivity (Wildman–Crippen MR) is 89.4 cm³/mol. The zero-order chi connectivity index (χ0) is 16.4. The van der Waals surface area contributed by atoms with Gasteiger partial charge in [-0.05, 0) is 46.5 Å². The maximum Gasteiger partial charge on any atom is 0.276 e. The van der Waals surface area contributed by atoms with E-state index in [4.69, 9.17) is 4.74 Å². The number of amides is 2. The van der Waals surface area contributed by atoms with E-state index in [0.29, 0.717) is 12.2 Å². The first kappa shape index (κ1) is 18.5. The Bertz CT molecular complexity index is 506. The lowest BCUT2D eigenvalue weighted by atomic mass is 10.2. The van der Waals surface area contributed by atoms with E-state index >= 15 is 0 Å². The maximum atomic E-state index is 11.6. The number of hydrogen-bond donors (Lipinski definition) is 2. The second-order valence-corrected chi connectivity index (χ2v) is 5.81. The van der Waals surface area contributed by atoms with Crippen LogP contribution in [0.15, 0.2) is 22.7 Å². The number of unbranched alkanes of at least 4 members (excludes halogenated alkanes) is 2. The lowest BCUT2D eigenvalue weighted by molar-refractivity contribution is -0.130. The van der Waals surface area contributed by atoms with Crippen LogP contribution in [0.25, 0.3) is 0 Å². The minimum absolute atomic E-state index is 0.153. The number of hydrogen-bond acceptors (Lipinski definition) is 3. The third kappa shape index (κ3) is 6.93. The van der Waals surface area contributed by atoms with Gasteiger partial charge >= 0.3 is 0 Å². The second-order valence-electron chi connectivity index (χ2n) is 4.96. The molecule has 2 N–H and O–H groups in total. The third-order valence-corrected chi connectivity index (χ3v) is 3.73. The van der Waals surface area contributed by atoms with E-state index in [-0.39, 0.29) is 12.5 Å². The molecule has 5 nitrogen and oxygen atoms in total. The van der Waals surface area contributed by atoms with Crippen LogP contribution < -0.4 is 15.6 Å². The summed E-state index contributed by atoms with van der Waals surface area (Å²) in [4.78, 5) is 23.1. The number of carbonyl (C=O) groups excluding carboxylic acids is 2. The van der Waals surface area contributed by atoms with Crippen LogP contribution in [0.5, 0.6) is 5.75 Å². The van der Waals surface area contributed by atoms with Gasteiger partial charge in [-0.1, -0.05) is 32.8 Å². The van der Waals surface area contributed by atoms with E-state index in [1.807, 2.05) is 18.2 Å². The van der Waals surface area contributed by atoms with Gasteiger partial charge in [-0.2, -0.15) is 0 Å². The molecule has 0 unspecified atom stereocenters. The third-order valence-electron chi connectivity index (χ3n) is 3.11. The second kappa shape index (κ2) is 10.2. The fourth-order valence-corrected chi connectivity index (χ4v) is 2.34. The number of ether oxygens (including phenoxy) is 1. The molecule has 1 aromatic carbocycles. The smallest absolute Gasteiger partial charge is 0.276 e. The van der Waals surface area contributed by atoms with Crippen LogP contribution in [-0.2, 0) is 16.0 Å². The number of carbonyl (C=O) groups is 2. The molecule has 0 heterocycles. The molecule has 1 rings (SSSR count). The van der Waals surface area contributed by atoms with E-state index < -0.39 is 5.91 Å². The van der Waals surface area contributed by atoms with Gasteiger partial charge in [0.05, 0.1) is 4.47 Å². The van der Waals surface area contributed by atoms with Gasteiger partial charge in [-0.15, -0.1) is 0 Å². The SMILES string of the molecule is CCCCCC(=O)NNC(=O)COc1ccc(CC)cc1Br. The van der Waals surface area contributed by atoms with Crippen LogP contribution in [-0.4, -0.2) is 18.4 Å². The normalized spacial score (nSPS) is 10.1. The van der Waals surface area contributed by atoms with Crippen LogP contribution in [0.3, 0.4) is 0 Å². The first-order valence-corrected chi connectivity index (χ1v) is 8.35. The molecule has 0 aromatic heterocycles. The molecule has 6 heteroatoms. The van der Waals surface area contributed by atoms with Gasteiger partial charge in [0.1, 0.15) is 5.75 Å². The summed E-state index contributed by atoms with van der Waals surface area (Å²) in [6.07, 6.45) is 4.24. The first-order chi connectivity index (χ1) is 10.6. The van der Waals surface area contributed by atoms with Crippen LogP contribution in [0.4, 0.5) is 0 Å². The molecule has 0 aliphatic carbocycles. The molecule has 0 aliphatic rings. The highest BCUT2D eigenvalue weighted by molar-refractivity contribution is 9.10. The number of rotatable bonds is 8. The summed E-state index contributed by atoms with van der Waals surface area (Å²) in [7, 11) is 0. The van der Waals surface area contributed by atoms with Crippen molar-refractivity contribution in [2.75, 3.05) is 6.61 Å². The van der Waals surface area contributed by atoms with E-state index in [0.717, 1.165) is 30.2 Å². The summed E-state index contributed by atoms with van der Waals surface area (Å²) in [6, 6.07) is 5.73. The van der Waals surface area contributed by atoms with Crippen molar-refractivity contribution in [3.8, 4) is 5.75 Å². The first-order valence-electron chi connectivity index (χ1n) is 7.55. The van der Waals surface area contributed by atoms with Crippen LogP contribution in [0, 0.1) is 0 Å². The number of benzene rings is 1. The predicted octanol–water partition coefficient (Wildman–Crippen LogP) is 3.12. The summed E-state index contributed by atoms with van der Waals surface area (Å²) in [5.74, 6) is 0.0206. The highest BCUT2D eigenvalue weighted by atomic mass is 79.9. The highest BCUT2D eigenvalue weighted by Crippen LogP contribution is 2.26. The van der Waals surface area contributed by atoms with Crippen LogP contribution in [0.1, 0.15) is 45.1 Å². The molecule has 0 bridgehead atoms. The Labute approximate surface area is 139 Å². The minimum atomic E-state index is -0.393. The summed E-state index contributed by atoms with van der Waals surface area (Å²) < 4.78 is 6.23. The Hall–Kier alpha value is -1.56. The monoisotopic (exact) mass is 370 g/mol. The van der Waals surface area contributed by atoms with Crippen molar-refractivity contribution in [2.45, 2.75) is 46.0 Å². The van der Waals surface area contributed by atoms with Gasteiger partial charge < -0.3 is 4.74 Å². The van der Waals surface area contributed by atoms with Crippen molar-refractivity contribution in [3.05, 3.63) is 28.2 Å². The van der Waals surface area contributed by atoms with Crippen molar-refractivity contribution < 1.29 is 14.3 Å². The summed E-state index contributed by atoms with van der Waals surface area (Å²) in [6.45, 7) is 3.99. The molecule has 22 heavy (non-hydrogen) atoms. The lowest BCUT2D eigenvalue weighted by Gasteiger charge is -2.10. The molecule has 0 fully saturated rings. The Morgan fingerprint density at radius 1 is 1.14 bits per heavy atom. The molecular formula is C16H23BrN2O3. The molecule has 0 saturated carbocycles. The molecule has 1 aromatic rings. The lowest BCUT2D eigenvalue weighted by Crippen LogP contribution is -2.43. The fraction of sp³-hybridized carbons (Fsp3) is 0.500. The maximum absolute atomic E-state index is 11.6. The average Bonchev–Trinajstić information content (AvgIpc) is 2.51. The highest BCUT2D eigenvalue weighted by Gasteiger charge is 2.07. The summed E-state index contributed by atoms with van der Waals surface area (Å²) in [5.41, 5.74) is 5.91. The number of nitrogens with one attached hydrogen (secondary N) is 2. The standard InChI is InChI=1S/C16H23BrN2O3/c1-3-5-6-7-15(20)18-19-16(21)11-22-14-9-8-12(4-2)10-13(14)17/h8-10H,3-7,11H2,1-2H3,(H,18,20)(H,19,21).